The van der Waals surface area contributed by atoms with Gasteiger partial charge in [-0.25, -0.2) is 4.79 Å². The molecule has 4 nitrogen and oxygen atoms in total. The Morgan fingerprint density at radius 3 is 2.00 bits per heavy atom. The summed E-state index contributed by atoms with van der Waals surface area (Å²) in [5, 5.41) is 12.2. The molecule has 0 aliphatic heterocycles. The van der Waals surface area contributed by atoms with Crippen molar-refractivity contribution in [2.45, 2.75) is 18.9 Å². The molecular formula is C18H18N2O2. The molecule has 0 unspecified atom stereocenters. The second-order valence-electron chi connectivity index (χ2n) is 4.82. The molecule has 0 fully saturated rings. The van der Waals surface area contributed by atoms with Crippen LogP contribution in [-0.4, -0.2) is 12.7 Å². The molecule has 0 radical (unpaired) electrons. The van der Waals surface area contributed by atoms with Crippen LogP contribution in [0.2, 0.25) is 0 Å². The fraction of sp³-hybridized carbons (Fsp3) is 0.222. The summed E-state index contributed by atoms with van der Waals surface area (Å²) in [6.45, 7) is 2.02. The van der Waals surface area contributed by atoms with E-state index < -0.39 is 11.6 Å². The van der Waals surface area contributed by atoms with Gasteiger partial charge in [0.2, 0.25) is 0 Å². The minimum absolute atomic E-state index is 0.111. The average Bonchev–Trinajstić information content (AvgIpc) is 2.56. The van der Waals surface area contributed by atoms with Gasteiger partial charge in [0.1, 0.15) is 5.54 Å². The van der Waals surface area contributed by atoms with E-state index >= 15 is 0 Å². The molecule has 0 atom stereocenters. The third-order valence-corrected chi connectivity index (χ3v) is 3.47. The van der Waals surface area contributed by atoms with Gasteiger partial charge in [-0.2, -0.15) is 5.26 Å². The molecule has 0 saturated carbocycles. The average molecular weight is 294 g/mol. The first-order chi connectivity index (χ1) is 10.7. The molecular weight excluding hydrogens is 276 g/mol. The standard InChI is InChI=1S/C18H18N2O2/c1-2-22-17(21)20-18(13-14-19,15-9-5-3-6-10-15)16-11-7-4-8-12-16/h3-12H,2,13H2,1H3,(H,20,21). The highest BCUT2D eigenvalue weighted by molar-refractivity contribution is 5.70. The summed E-state index contributed by atoms with van der Waals surface area (Å²) in [7, 11) is 0. The smallest absolute Gasteiger partial charge is 0.408 e. The van der Waals surface area contributed by atoms with Gasteiger partial charge in [-0.3, -0.25) is 0 Å². The molecule has 0 aliphatic carbocycles. The zero-order valence-corrected chi connectivity index (χ0v) is 12.5. The van der Waals surface area contributed by atoms with E-state index in [4.69, 9.17) is 4.74 Å². The number of nitrogens with zero attached hydrogens (tertiary/aromatic N) is 1. The van der Waals surface area contributed by atoms with Gasteiger partial charge in [0.25, 0.3) is 0 Å². The summed E-state index contributed by atoms with van der Waals surface area (Å²) in [4.78, 5) is 12.0. The van der Waals surface area contributed by atoms with Crippen LogP contribution in [0.15, 0.2) is 60.7 Å². The van der Waals surface area contributed by atoms with Gasteiger partial charge < -0.3 is 10.1 Å². The molecule has 1 N–H and O–H groups in total. The molecule has 0 aromatic heterocycles. The lowest BCUT2D eigenvalue weighted by atomic mass is 9.80. The van der Waals surface area contributed by atoms with E-state index in [2.05, 4.69) is 11.4 Å². The number of carbonyl (C=O) groups is 1. The molecule has 0 bridgehead atoms. The van der Waals surface area contributed by atoms with Gasteiger partial charge >= 0.3 is 6.09 Å². The quantitative estimate of drug-likeness (QED) is 0.916. The van der Waals surface area contributed by atoms with Gasteiger partial charge in [-0.15, -0.1) is 0 Å². The van der Waals surface area contributed by atoms with Crippen LogP contribution < -0.4 is 5.32 Å². The Hall–Kier alpha value is -2.80. The molecule has 2 rings (SSSR count). The second kappa shape index (κ2) is 7.28. The number of nitrogens with one attached hydrogen (secondary N) is 1. The minimum Gasteiger partial charge on any atom is -0.450 e. The Labute approximate surface area is 130 Å². The van der Waals surface area contributed by atoms with E-state index in [1.807, 2.05) is 60.7 Å². The summed E-state index contributed by atoms with van der Waals surface area (Å²) >= 11 is 0. The number of hydrogen-bond acceptors (Lipinski definition) is 3. The summed E-state index contributed by atoms with van der Waals surface area (Å²) in [6.07, 6.45) is -0.426. The molecule has 0 saturated heterocycles. The number of rotatable bonds is 5. The first kappa shape index (κ1) is 15.6. The van der Waals surface area contributed by atoms with E-state index in [1.165, 1.54) is 0 Å². The lowest BCUT2D eigenvalue weighted by Crippen LogP contribution is -2.47. The van der Waals surface area contributed by atoms with Gasteiger partial charge in [0.05, 0.1) is 19.1 Å². The normalized spacial score (nSPS) is 10.5. The van der Waals surface area contributed by atoms with Crippen molar-refractivity contribution in [1.82, 2.24) is 5.32 Å². The number of nitriles is 1. The van der Waals surface area contributed by atoms with Crippen LogP contribution in [-0.2, 0) is 10.3 Å². The lowest BCUT2D eigenvalue weighted by Gasteiger charge is -2.33. The van der Waals surface area contributed by atoms with E-state index in [0.29, 0.717) is 0 Å². The fourth-order valence-corrected chi connectivity index (χ4v) is 2.46. The molecule has 112 valence electrons. The number of hydrogen-bond donors (Lipinski definition) is 1. The Morgan fingerprint density at radius 2 is 1.59 bits per heavy atom. The molecule has 0 heterocycles. The van der Waals surface area contributed by atoms with Crippen LogP contribution in [0.5, 0.6) is 0 Å². The first-order valence-electron chi connectivity index (χ1n) is 7.16. The number of amides is 1. The Balaban J connectivity index is 2.55. The lowest BCUT2D eigenvalue weighted by molar-refractivity contribution is 0.142. The van der Waals surface area contributed by atoms with Crippen LogP contribution in [0.3, 0.4) is 0 Å². The first-order valence-corrected chi connectivity index (χ1v) is 7.16. The Kier molecular flexibility index (Phi) is 5.16. The zero-order chi connectivity index (χ0) is 15.8. The van der Waals surface area contributed by atoms with Crippen molar-refractivity contribution in [2.24, 2.45) is 0 Å². The third-order valence-electron chi connectivity index (χ3n) is 3.47. The van der Waals surface area contributed by atoms with Gasteiger partial charge in [-0.1, -0.05) is 60.7 Å². The topological polar surface area (TPSA) is 62.1 Å². The minimum atomic E-state index is -0.927. The molecule has 2 aromatic rings. The number of carbonyl (C=O) groups excluding carboxylic acids is 1. The third kappa shape index (κ3) is 3.26. The summed E-state index contributed by atoms with van der Waals surface area (Å²) in [5.74, 6) is 0. The highest BCUT2D eigenvalue weighted by Crippen LogP contribution is 2.33. The number of alkyl carbamates (subject to hydrolysis) is 1. The van der Waals surface area contributed by atoms with Gasteiger partial charge in [0.15, 0.2) is 0 Å². The number of ether oxygens (including phenoxy) is 1. The largest absolute Gasteiger partial charge is 0.450 e. The van der Waals surface area contributed by atoms with Crippen LogP contribution in [0.1, 0.15) is 24.5 Å². The Bertz CT molecular complexity index is 608. The Morgan fingerprint density at radius 1 is 1.09 bits per heavy atom. The van der Waals surface area contributed by atoms with Gasteiger partial charge in [0, 0.05) is 0 Å². The van der Waals surface area contributed by atoms with Crippen molar-refractivity contribution in [3.05, 3.63) is 71.8 Å². The van der Waals surface area contributed by atoms with Crippen LogP contribution in [0.25, 0.3) is 0 Å². The summed E-state index contributed by atoms with van der Waals surface area (Å²) < 4.78 is 5.03. The molecule has 0 aliphatic rings. The van der Waals surface area contributed by atoms with Crippen molar-refractivity contribution in [3.8, 4) is 6.07 Å². The van der Waals surface area contributed by atoms with Crippen LogP contribution >= 0.6 is 0 Å². The second-order valence-corrected chi connectivity index (χ2v) is 4.82. The van der Waals surface area contributed by atoms with E-state index in [1.54, 1.807) is 6.92 Å². The summed E-state index contributed by atoms with van der Waals surface area (Å²) in [5.41, 5.74) is 0.760. The van der Waals surface area contributed by atoms with Crippen molar-refractivity contribution in [2.75, 3.05) is 6.61 Å². The maximum absolute atomic E-state index is 12.0. The zero-order valence-electron chi connectivity index (χ0n) is 12.5. The maximum atomic E-state index is 12.0. The van der Waals surface area contributed by atoms with E-state index in [-0.39, 0.29) is 13.0 Å². The molecule has 0 spiro atoms. The van der Waals surface area contributed by atoms with Crippen LogP contribution in [0, 0.1) is 11.3 Å². The van der Waals surface area contributed by atoms with Crippen molar-refractivity contribution in [1.29, 1.82) is 5.26 Å². The molecule has 4 heteroatoms. The fourth-order valence-electron chi connectivity index (χ4n) is 2.46. The SMILES string of the molecule is CCOC(=O)NC(CC#N)(c1ccccc1)c1ccccc1. The summed E-state index contributed by atoms with van der Waals surface area (Å²) in [6, 6.07) is 21.1. The van der Waals surface area contributed by atoms with Gasteiger partial charge in [-0.05, 0) is 18.1 Å². The monoisotopic (exact) mass is 294 g/mol. The maximum Gasteiger partial charge on any atom is 0.408 e. The van der Waals surface area contributed by atoms with E-state index in [0.717, 1.165) is 11.1 Å². The molecule has 22 heavy (non-hydrogen) atoms. The highest BCUT2D eigenvalue weighted by Gasteiger charge is 2.36. The van der Waals surface area contributed by atoms with Crippen LogP contribution in [0.4, 0.5) is 4.79 Å². The predicted octanol–water partition coefficient (Wildman–Crippen LogP) is 3.59. The number of benzene rings is 2. The van der Waals surface area contributed by atoms with Crippen molar-refractivity contribution < 1.29 is 9.53 Å². The van der Waals surface area contributed by atoms with Crippen molar-refractivity contribution in [3.63, 3.8) is 0 Å². The van der Waals surface area contributed by atoms with Crippen molar-refractivity contribution >= 4 is 6.09 Å². The predicted molar refractivity (Wildman–Crippen MR) is 84.1 cm³/mol. The molecule has 1 amide bonds. The highest BCUT2D eigenvalue weighted by atomic mass is 16.5. The molecule has 2 aromatic carbocycles. The van der Waals surface area contributed by atoms with E-state index in [9.17, 15) is 10.1 Å².